The van der Waals surface area contributed by atoms with E-state index in [9.17, 15) is 9.59 Å². The molecule has 1 aliphatic heterocycles. The van der Waals surface area contributed by atoms with Gasteiger partial charge in [0.05, 0.1) is 11.3 Å². The lowest BCUT2D eigenvalue weighted by Gasteiger charge is -2.19. The molecule has 0 atom stereocenters. The summed E-state index contributed by atoms with van der Waals surface area (Å²) >= 11 is 12.0. The van der Waals surface area contributed by atoms with Crippen LogP contribution in [0.2, 0.25) is 10.0 Å². The molecule has 0 aliphatic carbocycles. The van der Waals surface area contributed by atoms with Crippen LogP contribution in [0.4, 0.5) is 5.69 Å². The maximum absolute atomic E-state index is 12.6. The molecule has 6 heteroatoms. The lowest BCUT2D eigenvalue weighted by atomic mass is 10.1. The van der Waals surface area contributed by atoms with Gasteiger partial charge in [-0.05, 0) is 42.3 Å². The molecule has 0 bridgehead atoms. The fourth-order valence-corrected chi connectivity index (χ4v) is 3.13. The highest BCUT2D eigenvalue weighted by molar-refractivity contribution is 6.31. The zero-order valence-electron chi connectivity index (χ0n) is 12.9. The highest BCUT2D eigenvalue weighted by Gasteiger charge is 2.26. The van der Waals surface area contributed by atoms with Gasteiger partial charge in [-0.3, -0.25) is 9.59 Å². The van der Waals surface area contributed by atoms with Crippen molar-refractivity contribution in [2.45, 2.75) is 19.4 Å². The van der Waals surface area contributed by atoms with Crippen LogP contribution < -0.4 is 10.2 Å². The van der Waals surface area contributed by atoms with Gasteiger partial charge in [0.25, 0.3) is 5.91 Å². The van der Waals surface area contributed by atoms with Crippen LogP contribution in [0.3, 0.4) is 0 Å². The van der Waals surface area contributed by atoms with E-state index in [4.69, 9.17) is 23.2 Å². The largest absolute Gasteiger partial charge is 0.348 e. The number of benzene rings is 2. The Bertz CT molecular complexity index is 792. The van der Waals surface area contributed by atoms with E-state index < -0.39 is 0 Å². The highest BCUT2D eigenvalue weighted by Crippen LogP contribution is 2.28. The van der Waals surface area contributed by atoms with E-state index in [1.807, 2.05) is 12.1 Å². The summed E-state index contributed by atoms with van der Waals surface area (Å²) in [6, 6.07) is 12.3. The summed E-state index contributed by atoms with van der Waals surface area (Å²) in [5, 5.41) is 3.98. The molecule has 1 heterocycles. The summed E-state index contributed by atoms with van der Waals surface area (Å²) in [4.78, 5) is 26.2. The van der Waals surface area contributed by atoms with E-state index in [2.05, 4.69) is 5.32 Å². The quantitative estimate of drug-likeness (QED) is 0.891. The zero-order valence-corrected chi connectivity index (χ0v) is 14.4. The molecule has 0 aromatic heterocycles. The molecule has 24 heavy (non-hydrogen) atoms. The van der Waals surface area contributed by atoms with Gasteiger partial charge in [-0.15, -0.1) is 0 Å². The molecule has 1 aliphatic rings. The molecule has 4 nitrogen and oxygen atoms in total. The Morgan fingerprint density at radius 1 is 1.12 bits per heavy atom. The molecule has 0 saturated carbocycles. The van der Waals surface area contributed by atoms with Gasteiger partial charge in [-0.25, -0.2) is 0 Å². The molecule has 2 aromatic carbocycles. The molecule has 2 amide bonds. The normalized spacial score (nSPS) is 14.1. The number of rotatable bonds is 4. The summed E-state index contributed by atoms with van der Waals surface area (Å²) in [7, 11) is 0. The molecule has 0 spiro atoms. The summed E-state index contributed by atoms with van der Waals surface area (Å²) in [6.07, 6.45) is 1.28. The minimum atomic E-state index is -0.249. The third kappa shape index (κ3) is 3.71. The molecule has 1 fully saturated rings. The number of nitrogens with zero attached hydrogens (tertiary/aromatic N) is 1. The number of nitrogens with one attached hydrogen (secondary N) is 1. The fraction of sp³-hybridized carbons (Fsp3) is 0.222. The van der Waals surface area contributed by atoms with Crippen LogP contribution in [-0.2, 0) is 11.3 Å². The van der Waals surface area contributed by atoms with E-state index in [0.29, 0.717) is 40.8 Å². The van der Waals surface area contributed by atoms with Gasteiger partial charge >= 0.3 is 0 Å². The van der Waals surface area contributed by atoms with Crippen LogP contribution in [0.5, 0.6) is 0 Å². The summed E-state index contributed by atoms with van der Waals surface area (Å²) < 4.78 is 0. The van der Waals surface area contributed by atoms with Crippen molar-refractivity contribution in [2.24, 2.45) is 0 Å². The number of hydrogen-bond acceptors (Lipinski definition) is 2. The van der Waals surface area contributed by atoms with Gasteiger partial charge in [-0.2, -0.15) is 0 Å². The maximum atomic E-state index is 12.6. The maximum Gasteiger partial charge on any atom is 0.253 e. The van der Waals surface area contributed by atoms with Crippen molar-refractivity contribution in [3.05, 3.63) is 63.6 Å². The molecule has 1 saturated heterocycles. The Labute approximate surface area is 150 Å². The van der Waals surface area contributed by atoms with Crippen molar-refractivity contribution < 1.29 is 9.59 Å². The first-order valence-corrected chi connectivity index (χ1v) is 8.43. The first-order valence-electron chi connectivity index (χ1n) is 7.67. The molecule has 124 valence electrons. The first kappa shape index (κ1) is 16.8. The average Bonchev–Trinajstić information content (AvgIpc) is 2.98. The third-order valence-corrected chi connectivity index (χ3v) is 4.38. The Morgan fingerprint density at radius 2 is 1.92 bits per heavy atom. The van der Waals surface area contributed by atoms with Gasteiger partial charge in [0.1, 0.15) is 0 Å². The van der Waals surface area contributed by atoms with Crippen LogP contribution in [-0.4, -0.2) is 18.4 Å². The van der Waals surface area contributed by atoms with E-state index in [1.54, 1.807) is 35.2 Å². The number of anilines is 1. The van der Waals surface area contributed by atoms with E-state index in [1.165, 1.54) is 0 Å². The predicted molar refractivity (Wildman–Crippen MR) is 95.7 cm³/mol. The van der Waals surface area contributed by atoms with Crippen LogP contribution in [0.25, 0.3) is 0 Å². The number of carbonyl (C=O) groups excluding carboxylic acids is 2. The Kier molecular flexibility index (Phi) is 5.07. The predicted octanol–water partition coefficient (Wildman–Crippen LogP) is 4.05. The second-order valence-electron chi connectivity index (χ2n) is 5.62. The van der Waals surface area contributed by atoms with Crippen LogP contribution >= 0.6 is 23.2 Å². The van der Waals surface area contributed by atoms with Gasteiger partial charge in [-0.1, -0.05) is 35.3 Å². The Hall–Kier alpha value is -2.04. The van der Waals surface area contributed by atoms with Crippen LogP contribution in [0.1, 0.15) is 28.8 Å². The number of hydrogen-bond donors (Lipinski definition) is 1. The Morgan fingerprint density at radius 3 is 2.62 bits per heavy atom. The molecule has 3 rings (SSSR count). The van der Waals surface area contributed by atoms with Gasteiger partial charge in [0.15, 0.2) is 0 Å². The van der Waals surface area contributed by atoms with Crippen molar-refractivity contribution in [3.8, 4) is 0 Å². The van der Waals surface area contributed by atoms with Crippen LogP contribution in [0.15, 0.2) is 42.5 Å². The lowest BCUT2D eigenvalue weighted by Crippen LogP contribution is -2.29. The summed E-state index contributed by atoms with van der Waals surface area (Å²) in [5.74, 6) is -0.234. The monoisotopic (exact) mass is 362 g/mol. The number of amides is 2. The van der Waals surface area contributed by atoms with E-state index >= 15 is 0 Å². The van der Waals surface area contributed by atoms with Gasteiger partial charge in [0, 0.05) is 29.6 Å². The standard InChI is InChI=1S/C18H16Cl2N2O2/c19-13-4-1-3-12(9-13)11-21-18(24)15-7-6-14(20)10-16(15)22-8-2-5-17(22)23/h1,3-4,6-7,9-10H,2,5,8,11H2,(H,21,24). The molecular weight excluding hydrogens is 347 g/mol. The van der Waals surface area contributed by atoms with Crippen molar-refractivity contribution in [3.63, 3.8) is 0 Å². The second-order valence-corrected chi connectivity index (χ2v) is 6.50. The second kappa shape index (κ2) is 7.24. The van der Waals surface area contributed by atoms with Crippen molar-refractivity contribution in [1.29, 1.82) is 0 Å². The number of halogens is 2. The minimum absolute atomic E-state index is 0.0150. The molecule has 2 aromatic rings. The molecule has 1 N–H and O–H groups in total. The minimum Gasteiger partial charge on any atom is -0.348 e. The van der Waals surface area contributed by atoms with Crippen molar-refractivity contribution >= 4 is 40.7 Å². The van der Waals surface area contributed by atoms with E-state index in [-0.39, 0.29) is 11.8 Å². The smallest absolute Gasteiger partial charge is 0.253 e. The van der Waals surface area contributed by atoms with E-state index in [0.717, 1.165) is 12.0 Å². The fourth-order valence-electron chi connectivity index (χ4n) is 2.75. The highest BCUT2D eigenvalue weighted by atomic mass is 35.5. The molecular formula is C18H16Cl2N2O2. The first-order chi connectivity index (χ1) is 11.5. The molecule has 0 radical (unpaired) electrons. The Balaban J connectivity index is 1.80. The SMILES string of the molecule is O=C(NCc1cccc(Cl)c1)c1ccc(Cl)cc1N1CCCC1=O. The van der Waals surface area contributed by atoms with Gasteiger partial charge < -0.3 is 10.2 Å². The van der Waals surface area contributed by atoms with Gasteiger partial charge in [0.2, 0.25) is 5.91 Å². The van der Waals surface area contributed by atoms with Crippen LogP contribution in [0, 0.1) is 0 Å². The lowest BCUT2D eigenvalue weighted by molar-refractivity contribution is -0.117. The number of carbonyl (C=O) groups is 2. The average molecular weight is 363 g/mol. The summed E-state index contributed by atoms with van der Waals surface area (Å²) in [5.41, 5.74) is 1.91. The van der Waals surface area contributed by atoms with Crippen molar-refractivity contribution in [2.75, 3.05) is 11.4 Å². The van der Waals surface area contributed by atoms with Crippen molar-refractivity contribution in [1.82, 2.24) is 5.32 Å². The topological polar surface area (TPSA) is 49.4 Å². The third-order valence-electron chi connectivity index (χ3n) is 3.91. The molecule has 0 unspecified atom stereocenters. The summed E-state index contributed by atoms with van der Waals surface area (Å²) in [6.45, 7) is 0.961. The zero-order chi connectivity index (χ0) is 17.1.